The molecule has 0 aromatic heterocycles. The molecule has 0 spiro atoms. The predicted octanol–water partition coefficient (Wildman–Crippen LogP) is 6.99. The summed E-state index contributed by atoms with van der Waals surface area (Å²) in [6.45, 7) is 1.99. The van der Waals surface area contributed by atoms with Gasteiger partial charge in [-0.3, -0.25) is 9.59 Å². The standard InChI is InChI=1S/C38H70O10/c1-2-3-4-5-6-7-8-9-10-11-13-16-19-22-25-31(26-23-20-17-14-12-15-18-21-24-27-33(41)42)37(45)48-36(38-46-28-29-47-38)35(44)34(43)32(40)30-39/h9-10,31-32,34-36,38-40,43-44H,2-8,11-30H2,1H3,(H,41,42)/b10-9-/t31?,32-,34-,35+,36-/m1/s1. The van der Waals surface area contributed by atoms with Crippen molar-refractivity contribution in [1.29, 1.82) is 0 Å². The molecule has 282 valence electrons. The molecule has 0 aromatic rings. The lowest BCUT2D eigenvalue weighted by Crippen LogP contribution is -2.52. The molecule has 1 heterocycles. The van der Waals surface area contributed by atoms with E-state index in [4.69, 9.17) is 19.3 Å². The van der Waals surface area contributed by atoms with Crippen molar-refractivity contribution in [3.63, 3.8) is 0 Å². The number of allylic oxidation sites excluding steroid dienone is 2. The normalized spacial score (nSPS) is 17.0. The number of ether oxygens (including phenoxy) is 3. The van der Waals surface area contributed by atoms with Gasteiger partial charge < -0.3 is 39.7 Å². The van der Waals surface area contributed by atoms with Gasteiger partial charge in [0.2, 0.25) is 0 Å². The van der Waals surface area contributed by atoms with Gasteiger partial charge in [-0.2, -0.15) is 0 Å². The highest BCUT2D eigenvalue weighted by Gasteiger charge is 2.42. The highest BCUT2D eigenvalue weighted by molar-refractivity contribution is 5.72. The molecule has 1 fully saturated rings. The molecule has 0 saturated carbocycles. The molecule has 10 nitrogen and oxygen atoms in total. The van der Waals surface area contributed by atoms with Crippen LogP contribution in [0.2, 0.25) is 0 Å². The number of aliphatic hydroxyl groups is 4. The Kier molecular flexibility index (Phi) is 28.0. The van der Waals surface area contributed by atoms with E-state index < -0.39 is 49.3 Å². The summed E-state index contributed by atoms with van der Waals surface area (Å²) >= 11 is 0. The molecule has 0 radical (unpaired) electrons. The third-order valence-corrected chi connectivity index (χ3v) is 9.28. The van der Waals surface area contributed by atoms with Gasteiger partial charge in [-0.25, -0.2) is 0 Å². The minimum atomic E-state index is -1.74. The number of aliphatic carboxylic acids is 1. The van der Waals surface area contributed by atoms with E-state index in [1.807, 2.05) is 0 Å². The van der Waals surface area contributed by atoms with Crippen LogP contribution in [0, 0.1) is 5.92 Å². The molecule has 0 aliphatic carbocycles. The van der Waals surface area contributed by atoms with Crippen LogP contribution in [-0.4, -0.2) is 88.0 Å². The van der Waals surface area contributed by atoms with Crippen molar-refractivity contribution in [2.75, 3.05) is 19.8 Å². The lowest BCUT2D eigenvalue weighted by molar-refractivity contribution is -0.213. The summed E-state index contributed by atoms with van der Waals surface area (Å²) in [5, 5.41) is 49.0. The van der Waals surface area contributed by atoms with Crippen molar-refractivity contribution in [2.24, 2.45) is 5.92 Å². The van der Waals surface area contributed by atoms with E-state index in [1.54, 1.807) is 0 Å². The first-order valence-corrected chi connectivity index (χ1v) is 19.3. The summed E-state index contributed by atoms with van der Waals surface area (Å²) in [6, 6.07) is 0. The molecule has 1 unspecified atom stereocenters. The summed E-state index contributed by atoms with van der Waals surface area (Å²) in [5.74, 6) is -1.57. The summed E-state index contributed by atoms with van der Waals surface area (Å²) in [7, 11) is 0. The van der Waals surface area contributed by atoms with Crippen LogP contribution in [0.4, 0.5) is 0 Å². The monoisotopic (exact) mass is 686 g/mol. The second-order valence-corrected chi connectivity index (χ2v) is 13.6. The molecular weight excluding hydrogens is 616 g/mol. The second-order valence-electron chi connectivity index (χ2n) is 13.6. The number of carbonyl (C=O) groups is 2. The zero-order valence-electron chi connectivity index (χ0n) is 30.0. The zero-order chi connectivity index (χ0) is 35.2. The summed E-state index contributed by atoms with van der Waals surface area (Å²) in [4.78, 5) is 24.1. The van der Waals surface area contributed by atoms with E-state index in [1.165, 1.54) is 38.5 Å². The maximum Gasteiger partial charge on any atom is 0.309 e. The Labute approximate surface area is 290 Å². The average molecular weight is 687 g/mol. The zero-order valence-corrected chi connectivity index (χ0v) is 30.0. The Morgan fingerprint density at radius 3 is 1.62 bits per heavy atom. The largest absolute Gasteiger partial charge is 0.481 e. The van der Waals surface area contributed by atoms with Crippen molar-refractivity contribution in [1.82, 2.24) is 0 Å². The van der Waals surface area contributed by atoms with Gasteiger partial charge in [-0.15, -0.1) is 0 Å². The summed E-state index contributed by atoms with van der Waals surface area (Å²) < 4.78 is 16.8. The second kappa shape index (κ2) is 30.3. The van der Waals surface area contributed by atoms with E-state index in [9.17, 15) is 30.0 Å². The number of carbonyl (C=O) groups excluding carboxylic acids is 1. The van der Waals surface area contributed by atoms with Crippen molar-refractivity contribution in [3.8, 4) is 0 Å². The fourth-order valence-corrected chi connectivity index (χ4v) is 6.18. The van der Waals surface area contributed by atoms with Crippen molar-refractivity contribution >= 4 is 11.9 Å². The summed E-state index contributed by atoms with van der Waals surface area (Å²) in [5.41, 5.74) is 0. The first-order chi connectivity index (χ1) is 23.3. The Bertz CT molecular complexity index is 800. The van der Waals surface area contributed by atoms with Gasteiger partial charge in [0.25, 0.3) is 0 Å². The Morgan fingerprint density at radius 1 is 0.688 bits per heavy atom. The van der Waals surface area contributed by atoms with Crippen LogP contribution < -0.4 is 0 Å². The van der Waals surface area contributed by atoms with E-state index >= 15 is 0 Å². The Hall–Kier alpha value is -1.56. The molecule has 1 aliphatic rings. The molecule has 1 rings (SSSR count). The number of carboxylic acid groups (broad SMARTS) is 1. The van der Waals surface area contributed by atoms with E-state index in [-0.39, 0.29) is 25.6 Å². The Balaban J connectivity index is 2.53. The number of hydrogen-bond acceptors (Lipinski definition) is 9. The number of hydrogen-bond donors (Lipinski definition) is 5. The number of aliphatic hydroxyl groups excluding tert-OH is 4. The van der Waals surface area contributed by atoms with Gasteiger partial charge in [-0.1, -0.05) is 122 Å². The number of rotatable bonds is 33. The highest BCUT2D eigenvalue weighted by Crippen LogP contribution is 2.25. The van der Waals surface area contributed by atoms with Gasteiger partial charge in [0.15, 0.2) is 12.4 Å². The summed E-state index contributed by atoms with van der Waals surface area (Å²) in [6.07, 6.45) is 22.0. The first kappa shape index (κ1) is 44.5. The smallest absolute Gasteiger partial charge is 0.309 e. The fraction of sp³-hybridized carbons (Fsp3) is 0.895. The lowest BCUT2D eigenvalue weighted by Gasteiger charge is -2.32. The highest BCUT2D eigenvalue weighted by atomic mass is 16.7. The third kappa shape index (κ3) is 22.2. The van der Waals surface area contributed by atoms with E-state index in [0.717, 1.165) is 96.3 Å². The van der Waals surface area contributed by atoms with Gasteiger partial charge >= 0.3 is 11.9 Å². The van der Waals surface area contributed by atoms with Crippen molar-refractivity contribution in [3.05, 3.63) is 12.2 Å². The van der Waals surface area contributed by atoms with Crippen LogP contribution in [-0.2, 0) is 23.8 Å². The minimum Gasteiger partial charge on any atom is -0.481 e. The molecule has 5 N–H and O–H groups in total. The predicted molar refractivity (Wildman–Crippen MR) is 187 cm³/mol. The Morgan fingerprint density at radius 2 is 1.15 bits per heavy atom. The molecule has 48 heavy (non-hydrogen) atoms. The van der Waals surface area contributed by atoms with Crippen molar-refractivity contribution in [2.45, 2.75) is 192 Å². The maximum absolute atomic E-state index is 13.5. The van der Waals surface area contributed by atoms with Gasteiger partial charge in [-0.05, 0) is 44.9 Å². The van der Waals surface area contributed by atoms with Crippen LogP contribution in [0.1, 0.15) is 161 Å². The van der Waals surface area contributed by atoms with Gasteiger partial charge in [0.05, 0.1) is 25.7 Å². The lowest BCUT2D eigenvalue weighted by atomic mass is 9.93. The van der Waals surface area contributed by atoms with Crippen LogP contribution in [0.15, 0.2) is 12.2 Å². The van der Waals surface area contributed by atoms with Gasteiger partial charge in [0.1, 0.15) is 18.3 Å². The molecule has 0 bridgehead atoms. The molecule has 10 heteroatoms. The molecule has 0 amide bonds. The molecule has 5 atom stereocenters. The quantitative estimate of drug-likeness (QED) is 0.0276. The van der Waals surface area contributed by atoms with E-state index in [0.29, 0.717) is 12.8 Å². The van der Waals surface area contributed by atoms with Gasteiger partial charge in [0, 0.05) is 6.42 Å². The number of esters is 1. The van der Waals surface area contributed by atoms with Crippen LogP contribution in [0.3, 0.4) is 0 Å². The molecule has 1 saturated heterocycles. The molecule has 0 aromatic carbocycles. The fourth-order valence-electron chi connectivity index (χ4n) is 6.18. The van der Waals surface area contributed by atoms with Crippen LogP contribution in [0.5, 0.6) is 0 Å². The SMILES string of the molecule is CCCCCCCC/C=C\CCCCCCC(CCCCCCCCCCCC(=O)O)C(=O)O[C@@H](C1OCCO1)[C@@H](O)[C@H](O)[C@H](O)CO. The maximum atomic E-state index is 13.5. The molecular formula is C38H70O10. The van der Waals surface area contributed by atoms with E-state index in [2.05, 4.69) is 19.1 Å². The topological polar surface area (TPSA) is 163 Å². The van der Waals surface area contributed by atoms with Crippen molar-refractivity contribution < 1.29 is 49.3 Å². The third-order valence-electron chi connectivity index (χ3n) is 9.28. The minimum absolute atomic E-state index is 0.242. The number of carboxylic acids is 1. The molecule has 1 aliphatic heterocycles. The van der Waals surface area contributed by atoms with Crippen LogP contribution in [0.25, 0.3) is 0 Å². The van der Waals surface area contributed by atoms with Crippen LogP contribution >= 0.6 is 0 Å². The average Bonchev–Trinajstić information content (AvgIpc) is 3.62. The first-order valence-electron chi connectivity index (χ1n) is 19.3. The number of unbranched alkanes of at least 4 members (excludes halogenated alkanes) is 18.